The summed E-state index contributed by atoms with van der Waals surface area (Å²) in [7, 11) is 1.60. The first-order chi connectivity index (χ1) is 10.6. The van der Waals surface area contributed by atoms with Crippen LogP contribution in [-0.2, 0) is 9.53 Å². The second-order valence-electron chi connectivity index (χ2n) is 5.33. The summed E-state index contributed by atoms with van der Waals surface area (Å²) >= 11 is 6.06. The van der Waals surface area contributed by atoms with Crippen LogP contribution in [0.25, 0.3) is 0 Å². The number of hydrogen-bond donors (Lipinski definition) is 1. The topological polar surface area (TPSA) is 58.6 Å². The number of rotatable bonds is 5. The normalized spacial score (nSPS) is 15.6. The zero-order chi connectivity index (χ0) is 15.9. The summed E-state index contributed by atoms with van der Waals surface area (Å²) in [6, 6.07) is 7.05. The number of amides is 2. The Morgan fingerprint density at radius 1 is 1.32 bits per heavy atom. The van der Waals surface area contributed by atoms with Gasteiger partial charge in [-0.15, -0.1) is 0 Å². The van der Waals surface area contributed by atoms with Crippen LogP contribution in [0.1, 0.15) is 23.2 Å². The Hall–Kier alpha value is -1.59. The zero-order valence-electron chi connectivity index (χ0n) is 12.7. The summed E-state index contributed by atoms with van der Waals surface area (Å²) in [5, 5.41) is 3.31. The van der Waals surface area contributed by atoms with Crippen LogP contribution in [0.3, 0.4) is 0 Å². The van der Waals surface area contributed by atoms with Crippen molar-refractivity contribution >= 4 is 23.4 Å². The molecule has 5 nitrogen and oxygen atoms in total. The number of methoxy groups -OCH3 is 1. The fourth-order valence-electron chi connectivity index (χ4n) is 2.57. The van der Waals surface area contributed by atoms with Crippen molar-refractivity contribution in [3.05, 3.63) is 34.9 Å². The monoisotopic (exact) mass is 324 g/mol. The molecule has 6 heteroatoms. The average molecular weight is 325 g/mol. The molecule has 1 fully saturated rings. The van der Waals surface area contributed by atoms with E-state index in [1.54, 1.807) is 36.3 Å². The van der Waals surface area contributed by atoms with Gasteiger partial charge in [0.05, 0.1) is 17.2 Å². The molecule has 120 valence electrons. The van der Waals surface area contributed by atoms with Crippen LogP contribution in [0, 0.1) is 5.92 Å². The van der Waals surface area contributed by atoms with E-state index < -0.39 is 0 Å². The largest absolute Gasteiger partial charge is 0.383 e. The average Bonchev–Trinajstić information content (AvgIpc) is 2.55. The molecule has 0 spiro atoms. The number of carbonyl (C=O) groups excluding carboxylic acids is 2. The molecule has 2 rings (SSSR count). The van der Waals surface area contributed by atoms with Crippen LogP contribution in [0.2, 0.25) is 5.02 Å². The Kier molecular flexibility index (Phi) is 6.21. The van der Waals surface area contributed by atoms with Gasteiger partial charge in [0.25, 0.3) is 5.91 Å². The second kappa shape index (κ2) is 8.15. The number of piperidine rings is 1. The molecule has 0 aliphatic carbocycles. The number of ether oxygens (including phenoxy) is 1. The van der Waals surface area contributed by atoms with E-state index >= 15 is 0 Å². The van der Waals surface area contributed by atoms with E-state index in [0.717, 1.165) is 0 Å². The maximum atomic E-state index is 12.4. The molecule has 0 unspecified atom stereocenters. The number of benzene rings is 1. The van der Waals surface area contributed by atoms with E-state index in [0.29, 0.717) is 49.7 Å². The lowest BCUT2D eigenvalue weighted by atomic mass is 9.95. The lowest BCUT2D eigenvalue weighted by molar-refractivity contribution is -0.126. The molecule has 1 aliphatic heterocycles. The Morgan fingerprint density at radius 3 is 2.64 bits per heavy atom. The predicted molar refractivity (Wildman–Crippen MR) is 85.0 cm³/mol. The van der Waals surface area contributed by atoms with Crippen LogP contribution < -0.4 is 5.32 Å². The molecule has 0 bridgehead atoms. The van der Waals surface area contributed by atoms with E-state index in [1.807, 2.05) is 0 Å². The second-order valence-corrected chi connectivity index (χ2v) is 5.74. The minimum absolute atomic E-state index is 0.0350. The van der Waals surface area contributed by atoms with Gasteiger partial charge in [-0.25, -0.2) is 0 Å². The van der Waals surface area contributed by atoms with Crippen molar-refractivity contribution in [2.75, 3.05) is 33.4 Å². The first kappa shape index (κ1) is 16.8. The SMILES string of the molecule is COCCNC(=O)C1CCN(C(=O)c2ccccc2Cl)CC1. The van der Waals surface area contributed by atoms with Crippen molar-refractivity contribution in [2.24, 2.45) is 5.92 Å². The molecule has 0 aromatic heterocycles. The predicted octanol–water partition coefficient (Wildman–Crippen LogP) is 1.95. The minimum atomic E-state index is -0.0659. The van der Waals surface area contributed by atoms with E-state index in [2.05, 4.69) is 5.32 Å². The Morgan fingerprint density at radius 2 is 2.00 bits per heavy atom. The Bertz CT molecular complexity index is 528. The van der Waals surface area contributed by atoms with E-state index in [4.69, 9.17) is 16.3 Å². The van der Waals surface area contributed by atoms with Gasteiger partial charge in [0.1, 0.15) is 0 Å². The third-order valence-electron chi connectivity index (χ3n) is 3.86. The maximum Gasteiger partial charge on any atom is 0.255 e. The Balaban J connectivity index is 1.85. The van der Waals surface area contributed by atoms with Crippen LogP contribution >= 0.6 is 11.6 Å². The molecule has 2 amide bonds. The van der Waals surface area contributed by atoms with Gasteiger partial charge >= 0.3 is 0 Å². The molecular weight excluding hydrogens is 304 g/mol. The molecule has 1 aromatic rings. The third kappa shape index (κ3) is 4.21. The summed E-state index contributed by atoms with van der Waals surface area (Å²) in [6.45, 7) is 2.18. The van der Waals surface area contributed by atoms with Crippen LogP contribution in [0.4, 0.5) is 0 Å². The number of nitrogens with one attached hydrogen (secondary N) is 1. The highest BCUT2D eigenvalue weighted by Crippen LogP contribution is 2.22. The molecule has 1 aliphatic rings. The van der Waals surface area contributed by atoms with Gasteiger partial charge in [0.15, 0.2) is 0 Å². The van der Waals surface area contributed by atoms with Gasteiger partial charge in [0.2, 0.25) is 5.91 Å². The summed E-state index contributed by atoms with van der Waals surface area (Å²) in [6.07, 6.45) is 1.35. The fraction of sp³-hybridized carbons (Fsp3) is 0.500. The standard InChI is InChI=1S/C16H21ClN2O3/c1-22-11-8-18-15(20)12-6-9-19(10-7-12)16(21)13-4-2-3-5-14(13)17/h2-5,12H,6-11H2,1H3,(H,18,20). The van der Waals surface area contributed by atoms with Crippen molar-refractivity contribution in [2.45, 2.75) is 12.8 Å². The first-order valence-electron chi connectivity index (χ1n) is 7.44. The van der Waals surface area contributed by atoms with E-state index in [-0.39, 0.29) is 17.7 Å². The first-order valence-corrected chi connectivity index (χ1v) is 7.81. The van der Waals surface area contributed by atoms with Gasteiger partial charge in [0, 0.05) is 32.7 Å². The van der Waals surface area contributed by atoms with Crippen molar-refractivity contribution in [3.8, 4) is 0 Å². The van der Waals surface area contributed by atoms with Gasteiger partial charge in [-0.05, 0) is 25.0 Å². The molecule has 1 heterocycles. The van der Waals surface area contributed by atoms with Crippen molar-refractivity contribution in [1.29, 1.82) is 0 Å². The van der Waals surface area contributed by atoms with Crippen LogP contribution in [0.15, 0.2) is 24.3 Å². The van der Waals surface area contributed by atoms with Crippen LogP contribution in [0.5, 0.6) is 0 Å². The van der Waals surface area contributed by atoms with Gasteiger partial charge in [-0.3, -0.25) is 9.59 Å². The highest BCUT2D eigenvalue weighted by Gasteiger charge is 2.28. The number of hydrogen-bond acceptors (Lipinski definition) is 3. The lowest BCUT2D eigenvalue weighted by Gasteiger charge is -2.31. The summed E-state index contributed by atoms with van der Waals surface area (Å²) < 4.78 is 4.91. The zero-order valence-corrected chi connectivity index (χ0v) is 13.4. The summed E-state index contributed by atoms with van der Waals surface area (Å²) in [5.41, 5.74) is 0.521. The van der Waals surface area contributed by atoms with Gasteiger partial charge < -0.3 is 15.0 Å². The van der Waals surface area contributed by atoms with E-state index in [9.17, 15) is 9.59 Å². The fourth-order valence-corrected chi connectivity index (χ4v) is 2.79. The molecule has 1 saturated heterocycles. The smallest absolute Gasteiger partial charge is 0.255 e. The highest BCUT2D eigenvalue weighted by molar-refractivity contribution is 6.33. The number of nitrogens with zero attached hydrogens (tertiary/aromatic N) is 1. The minimum Gasteiger partial charge on any atom is -0.383 e. The lowest BCUT2D eigenvalue weighted by Crippen LogP contribution is -2.43. The van der Waals surface area contributed by atoms with Gasteiger partial charge in [-0.2, -0.15) is 0 Å². The summed E-state index contributed by atoms with van der Waals surface area (Å²) in [5.74, 6) is -0.0575. The molecule has 0 saturated carbocycles. The molecule has 0 atom stereocenters. The third-order valence-corrected chi connectivity index (χ3v) is 4.19. The van der Waals surface area contributed by atoms with Crippen LogP contribution in [-0.4, -0.2) is 50.1 Å². The van der Waals surface area contributed by atoms with Crippen molar-refractivity contribution < 1.29 is 14.3 Å². The molecule has 22 heavy (non-hydrogen) atoms. The maximum absolute atomic E-state index is 12.4. The molecular formula is C16H21ClN2O3. The molecule has 0 radical (unpaired) electrons. The van der Waals surface area contributed by atoms with Crippen molar-refractivity contribution in [1.82, 2.24) is 10.2 Å². The highest BCUT2D eigenvalue weighted by atomic mass is 35.5. The summed E-state index contributed by atoms with van der Waals surface area (Å²) in [4.78, 5) is 26.2. The molecule has 1 aromatic carbocycles. The van der Waals surface area contributed by atoms with Gasteiger partial charge in [-0.1, -0.05) is 23.7 Å². The molecule has 1 N–H and O–H groups in total. The number of halogens is 1. The number of carbonyl (C=O) groups is 2. The van der Waals surface area contributed by atoms with Crippen molar-refractivity contribution in [3.63, 3.8) is 0 Å². The van der Waals surface area contributed by atoms with E-state index in [1.165, 1.54) is 0 Å². The number of likely N-dealkylation sites (tertiary alicyclic amines) is 1. The Labute approximate surface area is 135 Å². The quantitative estimate of drug-likeness (QED) is 0.842.